The van der Waals surface area contributed by atoms with Crippen LogP contribution < -0.4 is 14.8 Å². The van der Waals surface area contributed by atoms with Crippen LogP contribution in [0.1, 0.15) is 48.6 Å². The van der Waals surface area contributed by atoms with Crippen molar-refractivity contribution in [1.29, 1.82) is 0 Å². The Balaban J connectivity index is 1.68. The molecule has 0 spiro atoms. The minimum absolute atomic E-state index is 0.114. The predicted octanol–water partition coefficient (Wildman–Crippen LogP) is 5.93. The molecule has 1 heterocycles. The van der Waals surface area contributed by atoms with Crippen LogP contribution in [0.5, 0.6) is 17.2 Å². The molecule has 0 fully saturated rings. The van der Waals surface area contributed by atoms with Crippen molar-refractivity contribution in [1.82, 2.24) is 4.98 Å². The smallest absolute Gasteiger partial charge is 0.257 e. The van der Waals surface area contributed by atoms with Crippen LogP contribution in [0.15, 0.2) is 60.7 Å². The molecule has 6 heteroatoms. The molecule has 1 amide bonds. The van der Waals surface area contributed by atoms with E-state index in [0.29, 0.717) is 41.7 Å². The Morgan fingerprint density at radius 3 is 2.39 bits per heavy atom. The molecule has 0 aliphatic heterocycles. The highest BCUT2D eigenvalue weighted by molar-refractivity contribution is 6.05. The van der Waals surface area contributed by atoms with Crippen LogP contribution in [0.4, 0.5) is 5.69 Å². The number of amides is 1. The van der Waals surface area contributed by atoms with E-state index in [9.17, 15) is 4.79 Å². The van der Waals surface area contributed by atoms with E-state index in [2.05, 4.69) is 10.3 Å². The molecule has 31 heavy (non-hydrogen) atoms. The third kappa shape index (κ3) is 6.06. The third-order valence-electron chi connectivity index (χ3n) is 4.65. The predicted molar refractivity (Wildman–Crippen MR) is 121 cm³/mol. The normalized spacial score (nSPS) is 11.6. The lowest BCUT2D eigenvalue weighted by molar-refractivity contribution is 0.0732. The first-order valence-electron chi connectivity index (χ1n) is 10.4. The van der Waals surface area contributed by atoms with Crippen molar-refractivity contribution in [2.45, 2.75) is 33.8 Å². The van der Waals surface area contributed by atoms with Gasteiger partial charge in [-0.15, -0.1) is 0 Å². The number of aromatic nitrogens is 1. The molecule has 1 atom stereocenters. The number of benzene rings is 2. The number of ether oxygens (including phenoxy) is 3. The molecule has 0 bridgehead atoms. The fraction of sp³-hybridized carbons (Fsp3) is 0.280. The van der Waals surface area contributed by atoms with E-state index in [1.54, 1.807) is 12.1 Å². The lowest BCUT2D eigenvalue weighted by Gasteiger charge is -2.14. The van der Waals surface area contributed by atoms with Gasteiger partial charge in [0.2, 0.25) is 0 Å². The van der Waals surface area contributed by atoms with Gasteiger partial charge in [0, 0.05) is 18.4 Å². The quantitative estimate of drug-likeness (QED) is 0.464. The maximum absolute atomic E-state index is 12.8. The highest BCUT2D eigenvalue weighted by Gasteiger charge is 2.14. The Morgan fingerprint density at radius 2 is 1.71 bits per heavy atom. The van der Waals surface area contributed by atoms with Crippen LogP contribution in [0.2, 0.25) is 0 Å². The third-order valence-corrected chi connectivity index (χ3v) is 4.65. The van der Waals surface area contributed by atoms with Gasteiger partial charge in [-0.05, 0) is 76.2 Å². The van der Waals surface area contributed by atoms with Crippen LogP contribution in [0, 0.1) is 6.92 Å². The minimum Gasteiger partial charge on any atom is -0.494 e. The maximum Gasteiger partial charge on any atom is 0.257 e. The summed E-state index contributed by atoms with van der Waals surface area (Å²) in [5, 5.41) is 2.91. The zero-order valence-electron chi connectivity index (χ0n) is 18.3. The fourth-order valence-corrected chi connectivity index (χ4v) is 3.12. The number of nitrogens with one attached hydrogen (secondary N) is 1. The van der Waals surface area contributed by atoms with Gasteiger partial charge >= 0.3 is 0 Å². The first-order chi connectivity index (χ1) is 15.0. The summed E-state index contributed by atoms with van der Waals surface area (Å²) < 4.78 is 16.9. The number of carbonyl (C=O) groups excluding carboxylic acids is 1. The average molecular weight is 421 g/mol. The summed E-state index contributed by atoms with van der Waals surface area (Å²) >= 11 is 0. The Bertz CT molecular complexity index is 1020. The van der Waals surface area contributed by atoms with Crippen molar-refractivity contribution in [3.63, 3.8) is 0 Å². The van der Waals surface area contributed by atoms with E-state index in [1.807, 2.05) is 76.2 Å². The first-order valence-corrected chi connectivity index (χ1v) is 10.4. The molecular formula is C25H28N2O4. The van der Waals surface area contributed by atoms with Crippen LogP contribution in [0.25, 0.3) is 0 Å². The molecule has 1 unspecified atom stereocenters. The van der Waals surface area contributed by atoms with E-state index < -0.39 is 0 Å². The van der Waals surface area contributed by atoms with Crippen molar-refractivity contribution < 1.29 is 19.0 Å². The van der Waals surface area contributed by atoms with Crippen LogP contribution in [-0.2, 0) is 4.74 Å². The lowest BCUT2D eigenvalue weighted by Crippen LogP contribution is -2.15. The molecule has 2 aromatic carbocycles. The first kappa shape index (κ1) is 22.3. The number of rotatable bonds is 9. The zero-order chi connectivity index (χ0) is 22.2. The van der Waals surface area contributed by atoms with Crippen molar-refractivity contribution in [3.8, 4) is 17.2 Å². The summed E-state index contributed by atoms with van der Waals surface area (Å²) in [5.41, 5.74) is 2.62. The standard InChI is InChI=1S/C25H28N2O4/c1-5-29-18(4)24-15-14-23(17(3)26-24)25(28)27-19-8-7-9-22(16-19)31-21-12-10-20(11-13-21)30-6-2/h7-16,18H,5-6H2,1-4H3,(H,27,28). The lowest BCUT2D eigenvalue weighted by atomic mass is 10.1. The number of nitrogens with zero attached hydrogens (tertiary/aromatic N) is 1. The summed E-state index contributed by atoms with van der Waals surface area (Å²) in [7, 11) is 0. The second-order valence-electron chi connectivity index (χ2n) is 6.96. The number of anilines is 1. The van der Waals surface area contributed by atoms with E-state index in [4.69, 9.17) is 14.2 Å². The monoisotopic (exact) mass is 420 g/mol. The van der Waals surface area contributed by atoms with E-state index in [0.717, 1.165) is 11.4 Å². The molecule has 162 valence electrons. The Morgan fingerprint density at radius 1 is 0.968 bits per heavy atom. The SMILES string of the molecule is CCOc1ccc(Oc2cccc(NC(=O)c3ccc(C(C)OCC)nc3C)c2)cc1. The molecule has 0 aliphatic rings. The summed E-state index contributed by atoms with van der Waals surface area (Å²) in [5.74, 6) is 1.88. The van der Waals surface area contributed by atoms with Gasteiger partial charge in [0.05, 0.1) is 29.7 Å². The Kier molecular flexibility index (Phi) is 7.62. The number of pyridine rings is 1. The van der Waals surface area contributed by atoms with E-state index in [-0.39, 0.29) is 12.0 Å². The second-order valence-corrected chi connectivity index (χ2v) is 6.96. The highest BCUT2D eigenvalue weighted by Crippen LogP contribution is 2.26. The number of hydrogen-bond donors (Lipinski definition) is 1. The molecule has 0 saturated carbocycles. The van der Waals surface area contributed by atoms with E-state index >= 15 is 0 Å². The van der Waals surface area contributed by atoms with Gasteiger partial charge in [-0.1, -0.05) is 6.07 Å². The largest absolute Gasteiger partial charge is 0.494 e. The van der Waals surface area contributed by atoms with Crippen LogP contribution in [-0.4, -0.2) is 24.1 Å². The highest BCUT2D eigenvalue weighted by atomic mass is 16.5. The summed E-state index contributed by atoms with van der Waals surface area (Å²) in [6.45, 7) is 8.88. The van der Waals surface area contributed by atoms with E-state index in [1.165, 1.54) is 0 Å². The van der Waals surface area contributed by atoms with Crippen molar-refractivity contribution in [2.75, 3.05) is 18.5 Å². The number of hydrogen-bond acceptors (Lipinski definition) is 5. The fourth-order valence-electron chi connectivity index (χ4n) is 3.12. The summed E-state index contributed by atoms with van der Waals surface area (Å²) in [4.78, 5) is 17.3. The maximum atomic E-state index is 12.8. The van der Waals surface area contributed by atoms with Gasteiger partial charge in [0.1, 0.15) is 17.2 Å². The molecule has 0 aliphatic carbocycles. The molecule has 0 saturated heterocycles. The molecule has 6 nitrogen and oxygen atoms in total. The Labute approximate surface area is 183 Å². The topological polar surface area (TPSA) is 69.7 Å². The van der Waals surface area contributed by atoms with Crippen molar-refractivity contribution in [3.05, 3.63) is 77.6 Å². The van der Waals surface area contributed by atoms with Crippen molar-refractivity contribution >= 4 is 11.6 Å². The second kappa shape index (κ2) is 10.6. The molecule has 1 N–H and O–H groups in total. The summed E-state index contributed by atoms with van der Waals surface area (Å²) in [6, 6.07) is 18.3. The average Bonchev–Trinajstić information content (AvgIpc) is 2.75. The van der Waals surface area contributed by atoms with Gasteiger partial charge in [0.15, 0.2) is 0 Å². The Hall–Kier alpha value is -3.38. The van der Waals surface area contributed by atoms with Gasteiger partial charge < -0.3 is 19.5 Å². The van der Waals surface area contributed by atoms with Gasteiger partial charge in [-0.3, -0.25) is 9.78 Å². The molecule has 0 radical (unpaired) electrons. The minimum atomic E-state index is -0.223. The summed E-state index contributed by atoms with van der Waals surface area (Å²) in [6.07, 6.45) is -0.114. The van der Waals surface area contributed by atoms with Gasteiger partial charge in [-0.25, -0.2) is 0 Å². The van der Waals surface area contributed by atoms with Crippen LogP contribution in [0.3, 0.4) is 0 Å². The number of aryl methyl sites for hydroxylation is 1. The van der Waals surface area contributed by atoms with Gasteiger partial charge in [0.25, 0.3) is 5.91 Å². The van der Waals surface area contributed by atoms with Crippen LogP contribution >= 0.6 is 0 Å². The number of carbonyl (C=O) groups is 1. The van der Waals surface area contributed by atoms with Gasteiger partial charge in [-0.2, -0.15) is 0 Å². The van der Waals surface area contributed by atoms with Crippen molar-refractivity contribution in [2.24, 2.45) is 0 Å². The molecule has 1 aromatic heterocycles. The molecule has 3 rings (SSSR count). The molecule has 3 aromatic rings. The zero-order valence-corrected chi connectivity index (χ0v) is 18.3. The molecular weight excluding hydrogens is 392 g/mol.